The number of nitrogens with one attached hydrogen (secondary N) is 1. The van der Waals surface area contributed by atoms with Crippen molar-refractivity contribution in [3.05, 3.63) is 35.4 Å². The molecular formula is C13H17F2NO3. The molecule has 0 aliphatic rings. The molecule has 0 radical (unpaired) electrons. The Kier molecular flexibility index (Phi) is 6.38. The van der Waals surface area contributed by atoms with Crippen LogP contribution >= 0.6 is 0 Å². The Morgan fingerprint density at radius 1 is 1.47 bits per heavy atom. The van der Waals surface area contributed by atoms with E-state index in [-0.39, 0.29) is 24.5 Å². The Labute approximate surface area is 110 Å². The van der Waals surface area contributed by atoms with E-state index in [0.717, 1.165) is 12.1 Å². The summed E-state index contributed by atoms with van der Waals surface area (Å²) in [6, 6.07) is 3.00. The van der Waals surface area contributed by atoms with Gasteiger partial charge in [-0.05, 0) is 13.0 Å². The molecule has 1 rings (SSSR count). The number of carbonyl (C=O) groups excluding carboxylic acids is 1. The molecule has 1 aromatic carbocycles. The number of aliphatic hydroxyl groups excluding tert-OH is 1. The van der Waals surface area contributed by atoms with Crippen LogP contribution in [0.15, 0.2) is 18.2 Å². The van der Waals surface area contributed by atoms with Gasteiger partial charge in [0, 0.05) is 24.7 Å². The number of hydrogen-bond acceptors (Lipinski definition) is 4. The van der Waals surface area contributed by atoms with Crippen molar-refractivity contribution in [2.24, 2.45) is 0 Å². The Hall–Kier alpha value is -1.53. The van der Waals surface area contributed by atoms with Crippen LogP contribution in [0.2, 0.25) is 0 Å². The summed E-state index contributed by atoms with van der Waals surface area (Å²) in [5, 5.41) is 12.5. The van der Waals surface area contributed by atoms with Crippen LogP contribution in [-0.2, 0) is 9.53 Å². The second kappa shape index (κ2) is 7.81. The van der Waals surface area contributed by atoms with E-state index in [9.17, 15) is 18.7 Å². The highest BCUT2D eigenvalue weighted by Crippen LogP contribution is 2.17. The van der Waals surface area contributed by atoms with E-state index < -0.39 is 17.7 Å². The lowest BCUT2D eigenvalue weighted by Crippen LogP contribution is -2.25. The Morgan fingerprint density at radius 2 is 2.21 bits per heavy atom. The number of esters is 1. The average molecular weight is 273 g/mol. The minimum atomic E-state index is -1.09. The number of aliphatic hydroxyl groups is 1. The standard InChI is InChI=1S/C13H17F2NO3/c1-2-19-13(18)5-6-16-8-12(17)10-4-3-9(14)7-11(10)15/h3-4,7,12,16-17H,2,5-6,8H2,1H3. The monoisotopic (exact) mass is 273 g/mol. The van der Waals surface area contributed by atoms with Gasteiger partial charge in [0.2, 0.25) is 0 Å². The third-order valence-electron chi connectivity index (χ3n) is 2.47. The smallest absolute Gasteiger partial charge is 0.307 e. The highest BCUT2D eigenvalue weighted by Gasteiger charge is 2.13. The predicted molar refractivity (Wildman–Crippen MR) is 65.4 cm³/mol. The Morgan fingerprint density at radius 3 is 2.84 bits per heavy atom. The third kappa shape index (κ3) is 5.32. The fraction of sp³-hybridized carbons (Fsp3) is 0.462. The molecule has 0 aliphatic heterocycles. The van der Waals surface area contributed by atoms with Crippen molar-refractivity contribution in [3.63, 3.8) is 0 Å². The summed E-state index contributed by atoms with van der Waals surface area (Å²) >= 11 is 0. The molecule has 2 N–H and O–H groups in total. The maximum atomic E-state index is 13.3. The average Bonchev–Trinajstić information content (AvgIpc) is 2.34. The minimum Gasteiger partial charge on any atom is -0.466 e. The van der Waals surface area contributed by atoms with E-state index in [4.69, 9.17) is 4.74 Å². The first-order valence-electron chi connectivity index (χ1n) is 6.04. The SMILES string of the molecule is CCOC(=O)CCNCC(O)c1ccc(F)cc1F. The van der Waals surface area contributed by atoms with E-state index in [2.05, 4.69) is 5.32 Å². The number of benzene rings is 1. The lowest BCUT2D eigenvalue weighted by molar-refractivity contribution is -0.143. The first kappa shape index (κ1) is 15.5. The summed E-state index contributed by atoms with van der Waals surface area (Å²) in [6.45, 7) is 2.43. The van der Waals surface area contributed by atoms with Gasteiger partial charge >= 0.3 is 5.97 Å². The third-order valence-corrected chi connectivity index (χ3v) is 2.47. The summed E-state index contributed by atoms with van der Waals surface area (Å²) in [5.74, 6) is -1.82. The number of hydrogen-bond donors (Lipinski definition) is 2. The van der Waals surface area contributed by atoms with Crippen LogP contribution in [-0.4, -0.2) is 30.8 Å². The van der Waals surface area contributed by atoms with Gasteiger partial charge in [-0.2, -0.15) is 0 Å². The van der Waals surface area contributed by atoms with Crippen molar-refractivity contribution in [1.29, 1.82) is 0 Å². The number of halogens is 2. The zero-order valence-corrected chi connectivity index (χ0v) is 10.7. The van der Waals surface area contributed by atoms with Gasteiger partial charge in [0.05, 0.1) is 19.1 Å². The second-order valence-corrected chi connectivity index (χ2v) is 3.94. The molecule has 0 aliphatic carbocycles. The van der Waals surface area contributed by atoms with Gasteiger partial charge in [0.25, 0.3) is 0 Å². The van der Waals surface area contributed by atoms with Crippen molar-refractivity contribution < 1.29 is 23.4 Å². The van der Waals surface area contributed by atoms with E-state index in [1.165, 1.54) is 6.07 Å². The Balaban J connectivity index is 2.35. The lowest BCUT2D eigenvalue weighted by Gasteiger charge is -2.12. The molecule has 0 amide bonds. The molecule has 0 fully saturated rings. The molecule has 0 saturated carbocycles. The van der Waals surface area contributed by atoms with Crippen molar-refractivity contribution in [1.82, 2.24) is 5.32 Å². The first-order chi connectivity index (χ1) is 9.04. The molecule has 106 valence electrons. The van der Waals surface area contributed by atoms with Crippen LogP contribution in [0.25, 0.3) is 0 Å². The molecule has 0 spiro atoms. The summed E-state index contributed by atoms with van der Waals surface area (Å²) < 4.78 is 30.7. The van der Waals surface area contributed by atoms with E-state index in [0.29, 0.717) is 13.2 Å². The number of rotatable bonds is 7. The first-order valence-corrected chi connectivity index (χ1v) is 6.04. The largest absolute Gasteiger partial charge is 0.466 e. The fourth-order valence-electron chi connectivity index (χ4n) is 1.54. The summed E-state index contributed by atoms with van der Waals surface area (Å²) in [4.78, 5) is 11.0. The zero-order chi connectivity index (χ0) is 14.3. The fourth-order valence-corrected chi connectivity index (χ4v) is 1.54. The van der Waals surface area contributed by atoms with Gasteiger partial charge in [-0.25, -0.2) is 8.78 Å². The van der Waals surface area contributed by atoms with Gasteiger partial charge in [0.15, 0.2) is 0 Å². The van der Waals surface area contributed by atoms with Gasteiger partial charge in [-0.3, -0.25) is 4.79 Å². The van der Waals surface area contributed by atoms with Crippen LogP contribution in [0.5, 0.6) is 0 Å². The van der Waals surface area contributed by atoms with E-state index in [1.54, 1.807) is 6.92 Å². The normalized spacial score (nSPS) is 12.2. The van der Waals surface area contributed by atoms with Gasteiger partial charge in [-0.15, -0.1) is 0 Å². The van der Waals surface area contributed by atoms with Crippen LogP contribution < -0.4 is 5.32 Å². The van der Waals surface area contributed by atoms with Gasteiger partial charge < -0.3 is 15.2 Å². The van der Waals surface area contributed by atoms with Crippen LogP contribution in [0, 0.1) is 11.6 Å². The van der Waals surface area contributed by atoms with Crippen LogP contribution in [0.4, 0.5) is 8.78 Å². The molecular weight excluding hydrogens is 256 g/mol. The summed E-state index contributed by atoms with van der Waals surface area (Å²) in [7, 11) is 0. The van der Waals surface area contributed by atoms with Crippen molar-refractivity contribution in [2.45, 2.75) is 19.4 Å². The van der Waals surface area contributed by atoms with Gasteiger partial charge in [-0.1, -0.05) is 6.07 Å². The van der Waals surface area contributed by atoms with Crippen molar-refractivity contribution in [2.75, 3.05) is 19.7 Å². The highest BCUT2D eigenvalue weighted by atomic mass is 19.1. The lowest BCUT2D eigenvalue weighted by atomic mass is 10.1. The number of ether oxygens (including phenoxy) is 1. The molecule has 0 heterocycles. The highest BCUT2D eigenvalue weighted by molar-refractivity contribution is 5.69. The van der Waals surface area contributed by atoms with E-state index in [1.807, 2.05) is 0 Å². The Bertz CT molecular complexity index is 426. The molecule has 4 nitrogen and oxygen atoms in total. The predicted octanol–water partition coefficient (Wildman–Crippen LogP) is 1.54. The van der Waals surface area contributed by atoms with Crippen molar-refractivity contribution >= 4 is 5.97 Å². The summed E-state index contributed by atoms with van der Waals surface area (Å²) in [5.41, 5.74) is 0.0186. The van der Waals surface area contributed by atoms with Crippen LogP contribution in [0.1, 0.15) is 25.0 Å². The molecule has 1 unspecified atom stereocenters. The topological polar surface area (TPSA) is 58.6 Å². The molecule has 19 heavy (non-hydrogen) atoms. The quantitative estimate of drug-likeness (QED) is 0.584. The maximum absolute atomic E-state index is 13.3. The molecule has 0 saturated heterocycles. The molecule has 1 aromatic rings. The van der Waals surface area contributed by atoms with Crippen LogP contribution in [0.3, 0.4) is 0 Å². The zero-order valence-electron chi connectivity index (χ0n) is 10.7. The molecule has 0 aromatic heterocycles. The molecule has 0 bridgehead atoms. The second-order valence-electron chi connectivity index (χ2n) is 3.94. The molecule has 6 heteroatoms. The molecule has 1 atom stereocenters. The minimum absolute atomic E-state index is 0.0186. The van der Waals surface area contributed by atoms with E-state index >= 15 is 0 Å². The van der Waals surface area contributed by atoms with Crippen molar-refractivity contribution in [3.8, 4) is 0 Å². The summed E-state index contributed by atoms with van der Waals surface area (Å²) in [6.07, 6.45) is -0.922. The van der Waals surface area contributed by atoms with Gasteiger partial charge in [0.1, 0.15) is 11.6 Å². The maximum Gasteiger partial charge on any atom is 0.307 e. The number of carbonyl (C=O) groups is 1.